The van der Waals surface area contributed by atoms with Gasteiger partial charge in [-0.2, -0.15) is 10.1 Å². The summed E-state index contributed by atoms with van der Waals surface area (Å²) in [5.41, 5.74) is 10.4. The van der Waals surface area contributed by atoms with Crippen molar-refractivity contribution in [2.75, 3.05) is 13.7 Å². The van der Waals surface area contributed by atoms with E-state index in [4.69, 9.17) is 16.2 Å². The molecule has 0 amide bonds. The zero-order chi connectivity index (χ0) is 9.68. The average molecular weight is 183 g/mol. The SMILES string of the molecule is COCCn1ccc(N=C(N)N)n1. The maximum absolute atomic E-state index is 5.19. The molecule has 0 saturated heterocycles. The van der Waals surface area contributed by atoms with Gasteiger partial charge in [0, 0.05) is 19.4 Å². The maximum atomic E-state index is 5.19. The quantitative estimate of drug-likeness (QED) is 0.483. The van der Waals surface area contributed by atoms with E-state index in [1.807, 2.05) is 0 Å². The van der Waals surface area contributed by atoms with Crippen molar-refractivity contribution < 1.29 is 4.74 Å². The molecule has 4 N–H and O–H groups in total. The molecule has 0 bridgehead atoms. The molecule has 0 radical (unpaired) electrons. The Morgan fingerprint density at radius 1 is 1.69 bits per heavy atom. The summed E-state index contributed by atoms with van der Waals surface area (Å²) in [7, 11) is 1.64. The fraction of sp³-hybridized carbons (Fsp3) is 0.429. The van der Waals surface area contributed by atoms with Crippen molar-refractivity contribution in [2.24, 2.45) is 16.5 Å². The van der Waals surface area contributed by atoms with Gasteiger partial charge >= 0.3 is 0 Å². The molecular weight excluding hydrogens is 170 g/mol. The number of methoxy groups -OCH3 is 1. The van der Waals surface area contributed by atoms with Gasteiger partial charge in [-0.1, -0.05) is 0 Å². The second-order valence-electron chi connectivity index (χ2n) is 2.47. The molecule has 1 rings (SSSR count). The van der Waals surface area contributed by atoms with Crippen LogP contribution in [0.4, 0.5) is 5.82 Å². The number of hydrogen-bond acceptors (Lipinski definition) is 3. The first-order valence-corrected chi connectivity index (χ1v) is 3.84. The van der Waals surface area contributed by atoms with Crippen LogP contribution >= 0.6 is 0 Å². The maximum Gasteiger partial charge on any atom is 0.192 e. The first-order valence-electron chi connectivity index (χ1n) is 3.84. The zero-order valence-electron chi connectivity index (χ0n) is 7.47. The Morgan fingerprint density at radius 2 is 2.46 bits per heavy atom. The van der Waals surface area contributed by atoms with Gasteiger partial charge in [-0.05, 0) is 0 Å². The van der Waals surface area contributed by atoms with Gasteiger partial charge in [0.2, 0.25) is 0 Å². The molecule has 6 heteroatoms. The number of hydrogen-bond donors (Lipinski definition) is 2. The van der Waals surface area contributed by atoms with E-state index in [-0.39, 0.29) is 5.96 Å². The highest BCUT2D eigenvalue weighted by atomic mass is 16.5. The fourth-order valence-electron chi connectivity index (χ4n) is 0.852. The highest BCUT2D eigenvalue weighted by molar-refractivity contribution is 5.78. The predicted octanol–water partition coefficient (Wildman–Crippen LogP) is -0.566. The van der Waals surface area contributed by atoms with Crippen LogP contribution in [0.3, 0.4) is 0 Å². The van der Waals surface area contributed by atoms with Crippen LogP contribution in [0.2, 0.25) is 0 Å². The van der Waals surface area contributed by atoms with E-state index in [0.29, 0.717) is 19.0 Å². The van der Waals surface area contributed by atoms with E-state index in [0.717, 1.165) is 0 Å². The summed E-state index contributed by atoms with van der Waals surface area (Å²) >= 11 is 0. The summed E-state index contributed by atoms with van der Waals surface area (Å²) < 4.78 is 6.60. The minimum atomic E-state index is 0.0111. The van der Waals surface area contributed by atoms with Crippen LogP contribution in [-0.4, -0.2) is 29.5 Å². The molecular formula is C7H13N5O. The number of rotatable bonds is 4. The van der Waals surface area contributed by atoms with Gasteiger partial charge in [0.25, 0.3) is 0 Å². The molecule has 1 heterocycles. The monoisotopic (exact) mass is 183 g/mol. The van der Waals surface area contributed by atoms with E-state index in [2.05, 4.69) is 10.1 Å². The third-order valence-corrected chi connectivity index (χ3v) is 1.39. The van der Waals surface area contributed by atoms with Crippen LogP contribution in [0.15, 0.2) is 17.3 Å². The number of guanidine groups is 1. The van der Waals surface area contributed by atoms with Gasteiger partial charge in [0.05, 0.1) is 13.2 Å². The molecule has 0 spiro atoms. The van der Waals surface area contributed by atoms with Crippen molar-refractivity contribution in [3.8, 4) is 0 Å². The normalized spacial score (nSPS) is 9.92. The second-order valence-corrected chi connectivity index (χ2v) is 2.47. The molecule has 0 unspecified atom stereocenters. The molecule has 13 heavy (non-hydrogen) atoms. The Labute approximate surface area is 76.2 Å². The van der Waals surface area contributed by atoms with Crippen LogP contribution in [0.25, 0.3) is 0 Å². The van der Waals surface area contributed by atoms with Crippen molar-refractivity contribution in [3.05, 3.63) is 12.3 Å². The predicted molar refractivity (Wildman–Crippen MR) is 49.6 cm³/mol. The van der Waals surface area contributed by atoms with Gasteiger partial charge in [0.15, 0.2) is 11.8 Å². The average Bonchev–Trinajstić information content (AvgIpc) is 2.48. The van der Waals surface area contributed by atoms with E-state index in [1.54, 1.807) is 24.1 Å². The van der Waals surface area contributed by atoms with Crippen molar-refractivity contribution in [2.45, 2.75) is 6.54 Å². The minimum absolute atomic E-state index is 0.0111. The number of aliphatic imine (C=N–C) groups is 1. The van der Waals surface area contributed by atoms with Crippen molar-refractivity contribution in [1.82, 2.24) is 9.78 Å². The standard InChI is InChI=1S/C7H13N5O/c1-13-5-4-12-3-2-6(11-12)10-7(8)9/h2-3H,4-5H2,1H3,(H4,8,9,10,11). The highest BCUT2D eigenvalue weighted by Gasteiger charge is 1.96. The topological polar surface area (TPSA) is 91.5 Å². The van der Waals surface area contributed by atoms with E-state index >= 15 is 0 Å². The van der Waals surface area contributed by atoms with Crippen LogP contribution in [0, 0.1) is 0 Å². The van der Waals surface area contributed by atoms with Crippen molar-refractivity contribution in [1.29, 1.82) is 0 Å². The summed E-state index contributed by atoms with van der Waals surface area (Å²) in [4.78, 5) is 3.79. The molecule has 0 aliphatic rings. The summed E-state index contributed by atoms with van der Waals surface area (Å²) in [6, 6.07) is 1.73. The summed E-state index contributed by atoms with van der Waals surface area (Å²) in [6.45, 7) is 1.30. The lowest BCUT2D eigenvalue weighted by atomic mass is 10.6. The molecule has 0 aliphatic heterocycles. The third kappa shape index (κ3) is 3.12. The lowest BCUT2D eigenvalue weighted by Crippen LogP contribution is -2.22. The summed E-state index contributed by atoms with van der Waals surface area (Å²) in [6.07, 6.45) is 1.79. The fourth-order valence-corrected chi connectivity index (χ4v) is 0.852. The van der Waals surface area contributed by atoms with Gasteiger partial charge in [-0.25, -0.2) is 0 Å². The van der Waals surface area contributed by atoms with Gasteiger partial charge in [-0.3, -0.25) is 4.68 Å². The Bertz CT molecular complexity index is 289. The molecule has 0 aromatic carbocycles. The van der Waals surface area contributed by atoms with Crippen molar-refractivity contribution in [3.63, 3.8) is 0 Å². The van der Waals surface area contributed by atoms with E-state index in [9.17, 15) is 0 Å². The Balaban J connectivity index is 2.58. The molecule has 6 nitrogen and oxygen atoms in total. The number of nitrogens with zero attached hydrogens (tertiary/aromatic N) is 3. The van der Waals surface area contributed by atoms with E-state index in [1.165, 1.54) is 0 Å². The number of ether oxygens (including phenoxy) is 1. The molecule has 0 atom stereocenters. The van der Waals surface area contributed by atoms with Crippen LogP contribution in [0.5, 0.6) is 0 Å². The molecule has 0 saturated carbocycles. The van der Waals surface area contributed by atoms with Gasteiger partial charge < -0.3 is 16.2 Å². The first kappa shape index (κ1) is 9.53. The van der Waals surface area contributed by atoms with Crippen LogP contribution in [0.1, 0.15) is 0 Å². The summed E-state index contributed by atoms with van der Waals surface area (Å²) in [5.74, 6) is 0.521. The first-order chi connectivity index (χ1) is 6.22. The minimum Gasteiger partial charge on any atom is -0.383 e. The third-order valence-electron chi connectivity index (χ3n) is 1.39. The van der Waals surface area contributed by atoms with E-state index < -0.39 is 0 Å². The van der Waals surface area contributed by atoms with Crippen LogP contribution < -0.4 is 11.5 Å². The summed E-state index contributed by atoms with van der Waals surface area (Å²) in [5, 5.41) is 4.08. The lowest BCUT2D eigenvalue weighted by Gasteiger charge is -1.97. The zero-order valence-corrected chi connectivity index (χ0v) is 7.47. The van der Waals surface area contributed by atoms with Crippen molar-refractivity contribution >= 4 is 11.8 Å². The Kier molecular flexibility index (Phi) is 3.27. The Hall–Kier alpha value is -1.56. The largest absolute Gasteiger partial charge is 0.383 e. The van der Waals surface area contributed by atoms with Gasteiger partial charge in [0.1, 0.15) is 0 Å². The van der Waals surface area contributed by atoms with Gasteiger partial charge in [-0.15, -0.1) is 0 Å². The Morgan fingerprint density at radius 3 is 3.08 bits per heavy atom. The lowest BCUT2D eigenvalue weighted by molar-refractivity contribution is 0.183. The molecule has 72 valence electrons. The molecule has 1 aromatic heterocycles. The van der Waals surface area contributed by atoms with Crippen LogP contribution in [-0.2, 0) is 11.3 Å². The molecule has 0 fully saturated rings. The number of nitrogens with two attached hydrogens (primary N) is 2. The molecule has 1 aromatic rings. The molecule has 0 aliphatic carbocycles. The second kappa shape index (κ2) is 4.46. The smallest absolute Gasteiger partial charge is 0.192 e. The number of aromatic nitrogens is 2. The highest BCUT2D eigenvalue weighted by Crippen LogP contribution is 2.05.